The number of benzene rings is 2. The molecule has 1 aliphatic rings. The second kappa shape index (κ2) is 13.5. The SMILES string of the molecule is COC(=O)c1scnc1-n1nc(C(Nc2ccc(C#N)c(CNC(=O)OC(C)(C)C)c2)c2cc(OC)c3c(c2F)CCCO3)[nH]c1=O. The number of hydrogen-bond donors (Lipinski definition) is 3. The molecule has 0 saturated carbocycles. The molecule has 5 rings (SSSR count). The van der Waals surface area contributed by atoms with E-state index in [1.165, 1.54) is 25.8 Å². The van der Waals surface area contributed by atoms with Crippen molar-refractivity contribution in [1.29, 1.82) is 5.26 Å². The molecule has 1 amide bonds. The Morgan fingerprint density at radius 2 is 2.06 bits per heavy atom. The minimum absolute atomic E-state index is 0.0192. The van der Waals surface area contributed by atoms with Crippen LogP contribution in [-0.4, -0.2) is 58.2 Å². The maximum absolute atomic E-state index is 16.4. The van der Waals surface area contributed by atoms with E-state index in [9.17, 15) is 19.6 Å². The van der Waals surface area contributed by atoms with Crippen LogP contribution in [-0.2, 0) is 22.4 Å². The summed E-state index contributed by atoms with van der Waals surface area (Å²) < 4.78 is 38.7. The van der Waals surface area contributed by atoms with E-state index in [-0.39, 0.29) is 28.6 Å². The summed E-state index contributed by atoms with van der Waals surface area (Å²) in [5.74, 6) is -0.772. The Balaban J connectivity index is 1.59. The van der Waals surface area contributed by atoms with Crippen molar-refractivity contribution in [1.82, 2.24) is 25.1 Å². The molecule has 16 heteroatoms. The van der Waals surface area contributed by atoms with Gasteiger partial charge in [-0.05, 0) is 63.4 Å². The number of aromatic amines is 1. The van der Waals surface area contributed by atoms with E-state index < -0.39 is 35.2 Å². The van der Waals surface area contributed by atoms with Gasteiger partial charge in [-0.3, -0.25) is 4.98 Å². The van der Waals surface area contributed by atoms with Crippen LogP contribution in [0.2, 0.25) is 0 Å². The van der Waals surface area contributed by atoms with E-state index in [0.29, 0.717) is 53.3 Å². The van der Waals surface area contributed by atoms with Gasteiger partial charge < -0.3 is 29.6 Å². The number of rotatable bonds is 9. The molecule has 246 valence electrons. The molecule has 2 aromatic carbocycles. The molecule has 0 fully saturated rings. The first-order valence-electron chi connectivity index (χ1n) is 14.4. The fourth-order valence-corrected chi connectivity index (χ4v) is 5.66. The normalized spacial score (nSPS) is 13.0. The van der Waals surface area contributed by atoms with Gasteiger partial charge in [0, 0.05) is 23.4 Å². The van der Waals surface area contributed by atoms with Gasteiger partial charge in [-0.2, -0.15) is 9.94 Å². The molecule has 1 aliphatic heterocycles. The zero-order chi connectivity index (χ0) is 33.9. The number of nitrogens with one attached hydrogen (secondary N) is 3. The van der Waals surface area contributed by atoms with Crippen LogP contribution in [0.3, 0.4) is 0 Å². The Morgan fingerprint density at radius 3 is 2.77 bits per heavy atom. The molecule has 0 bridgehead atoms. The minimum atomic E-state index is -1.13. The summed E-state index contributed by atoms with van der Waals surface area (Å²) in [5.41, 5.74) is 1.45. The Labute approximate surface area is 272 Å². The second-order valence-corrected chi connectivity index (χ2v) is 12.2. The summed E-state index contributed by atoms with van der Waals surface area (Å²) in [6, 6.07) is 7.19. The number of fused-ring (bicyclic) bond motifs is 1. The Kier molecular flexibility index (Phi) is 9.47. The highest BCUT2D eigenvalue weighted by molar-refractivity contribution is 7.12. The first kappa shape index (κ1) is 32.9. The van der Waals surface area contributed by atoms with Crippen molar-refractivity contribution in [3.8, 4) is 23.4 Å². The fourth-order valence-electron chi connectivity index (χ4n) is 4.98. The second-order valence-electron chi connectivity index (χ2n) is 11.4. The molecule has 0 saturated heterocycles. The molecular formula is C31H32FN7O7S. The van der Waals surface area contributed by atoms with E-state index in [1.54, 1.807) is 39.0 Å². The first-order valence-corrected chi connectivity index (χ1v) is 15.3. The molecule has 4 aromatic rings. The van der Waals surface area contributed by atoms with E-state index in [1.807, 2.05) is 0 Å². The average Bonchev–Trinajstić information content (AvgIpc) is 3.68. The number of nitrogens with zero attached hydrogens (tertiary/aromatic N) is 4. The van der Waals surface area contributed by atoms with Crippen molar-refractivity contribution in [3.63, 3.8) is 0 Å². The van der Waals surface area contributed by atoms with Crippen LogP contribution in [0.4, 0.5) is 14.9 Å². The van der Waals surface area contributed by atoms with Crippen LogP contribution in [0.1, 0.15) is 71.0 Å². The van der Waals surface area contributed by atoms with E-state index >= 15 is 4.39 Å². The Morgan fingerprint density at radius 1 is 1.28 bits per heavy atom. The number of esters is 1. The highest BCUT2D eigenvalue weighted by Gasteiger charge is 2.31. The number of ether oxygens (including phenoxy) is 4. The number of thiazole rings is 1. The van der Waals surface area contributed by atoms with E-state index in [0.717, 1.165) is 16.0 Å². The van der Waals surface area contributed by atoms with Gasteiger partial charge in [-0.1, -0.05) is 0 Å². The summed E-state index contributed by atoms with van der Waals surface area (Å²) in [5, 5.41) is 20.0. The van der Waals surface area contributed by atoms with E-state index in [4.69, 9.17) is 18.9 Å². The molecule has 14 nitrogen and oxygen atoms in total. The van der Waals surface area contributed by atoms with Gasteiger partial charge in [0.05, 0.1) is 38.0 Å². The van der Waals surface area contributed by atoms with Crippen LogP contribution in [0.25, 0.3) is 5.82 Å². The van der Waals surface area contributed by atoms with Crippen molar-refractivity contribution in [2.24, 2.45) is 0 Å². The van der Waals surface area contributed by atoms with Crippen LogP contribution in [0.5, 0.6) is 11.5 Å². The molecule has 3 heterocycles. The number of halogens is 1. The highest BCUT2D eigenvalue weighted by Crippen LogP contribution is 2.41. The monoisotopic (exact) mass is 665 g/mol. The van der Waals surface area contributed by atoms with Gasteiger partial charge in [-0.15, -0.1) is 16.4 Å². The van der Waals surface area contributed by atoms with Gasteiger partial charge in [0.25, 0.3) is 0 Å². The minimum Gasteiger partial charge on any atom is -0.493 e. The standard InChI is InChI=1S/C31H32FN7O7S/c1-31(2,3)46-30(42)34-14-17-11-18(9-8-16(17)13-33)36-23(20-12-21(43-4)24-19(22(20)32)7-6-10-45-24)26-37-29(41)39(38-26)27-25(28(40)44-5)47-15-35-27/h8-9,11-12,15,23,36H,6-7,10,14H2,1-5H3,(H,34,42)(H,37,38,41). The number of H-pyrrole nitrogens is 1. The molecule has 3 N–H and O–H groups in total. The smallest absolute Gasteiger partial charge is 0.407 e. The predicted molar refractivity (Wildman–Crippen MR) is 168 cm³/mol. The fraction of sp³-hybridized carbons (Fsp3) is 0.355. The lowest BCUT2D eigenvalue weighted by atomic mass is 9.96. The molecule has 1 atom stereocenters. The molecule has 0 aliphatic carbocycles. The maximum atomic E-state index is 16.4. The number of carbonyl (C=O) groups is 2. The number of nitriles is 1. The number of amides is 1. The zero-order valence-electron chi connectivity index (χ0n) is 26.2. The van der Waals surface area contributed by atoms with Crippen molar-refractivity contribution < 1.29 is 32.9 Å². The molecular weight excluding hydrogens is 633 g/mol. The Hall–Kier alpha value is -5.43. The quantitative estimate of drug-likeness (QED) is 0.216. The van der Waals surface area contributed by atoms with Crippen molar-refractivity contribution in [2.45, 2.75) is 51.8 Å². The van der Waals surface area contributed by atoms with Crippen LogP contribution < -0.4 is 25.8 Å². The largest absolute Gasteiger partial charge is 0.493 e. The molecule has 47 heavy (non-hydrogen) atoms. The van der Waals surface area contributed by atoms with Gasteiger partial charge in [0.1, 0.15) is 17.5 Å². The third kappa shape index (κ3) is 7.04. The Bertz CT molecular complexity index is 1920. The van der Waals surface area contributed by atoms with Crippen LogP contribution in [0, 0.1) is 17.1 Å². The number of methoxy groups -OCH3 is 2. The van der Waals surface area contributed by atoms with Gasteiger partial charge >= 0.3 is 17.8 Å². The topological polar surface area (TPSA) is 182 Å². The number of hydrogen-bond acceptors (Lipinski definition) is 12. The van der Waals surface area contributed by atoms with E-state index in [2.05, 4.69) is 31.8 Å². The lowest BCUT2D eigenvalue weighted by Crippen LogP contribution is -2.32. The summed E-state index contributed by atoms with van der Waals surface area (Å²) >= 11 is 0.969. The van der Waals surface area contributed by atoms with Crippen LogP contribution in [0.15, 0.2) is 34.6 Å². The number of alkyl carbamates (subject to hydrolysis) is 1. The van der Waals surface area contributed by atoms with Crippen LogP contribution >= 0.6 is 11.3 Å². The third-order valence-electron chi connectivity index (χ3n) is 7.04. The van der Waals surface area contributed by atoms with Crippen molar-refractivity contribution >= 4 is 29.1 Å². The number of anilines is 1. The maximum Gasteiger partial charge on any atom is 0.407 e. The molecule has 0 spiro atoms. The zero-order valence-corrected chi connectivity index (χ0v) is 27.0. The molecule has 1 unspecified atom stereocenters. The summed E-state index contributed by atoms with van der Waals surface area (Å²) in [7, 11) is 2.64. The van der Waals surface area contributed by atoms with Gasteiger partial charge in [0.2, 0.25) is 0 Å². The van der Waals surface area contributed by atoms with Crippen molar-refractivity contribution in [2.75, 3.05) is 26.1 Å². The van der Waals surface area contributed by atoms with Gasteiger partial charge in [0.15, 0.2) is 28.0 Å². The number of aromatic nitrogens is 4. The highest BCUT2D eigenvalue weighted by atomic mass is 32.1. The summed E-state index contributed by atoms with van der Waals surface area (Å²) in [6.45, 7) is 5.56. The lowest BCUT2D eigenvalue weighted by molar-refractivity contribution is 0.0522. The van der Waals surface area contributed by atoms with Gasteiger partial charge in [-0.25, -0.2) is 23.8 Å². The lowest BCUT2D eigenvalue weighted by Gasteiger charge is -2.25. The molecule has 2 aromatic heterocycles. The summed E-state index contributed by atoms with van der Waals surface area (Å²) in [6.07, 6.45) is 0.311. The predicted octanol–water partition coefficient (Wildman–Crippen LogP) is 4.37. The third-order valence-corrected chi connectivity index (χ3v) is 7.83. The van der Waals surface area contributed by atoms with Crippen molar-refractivity contribution in [3.05, 3.63) is 79.0 Å². The average molecular weight is 666 g/mol. The first-order chi connectivity index (χ1) is 22.4. The number of carbonyl (C=O) groups excluding carboxylic acids is 2. The molecule has 0 radical (unpaired) electrons. The summed E-state index contributed by atoms with van der Waals surface area (Å²) in [4.78, 5) is 44.7.